The second-order valence-corrected chi connectivity index (χ2v) is 8.31. The SMILES string of the molecule is COc1ccc(CNc2nc3c(OC)cccc3c3nc([C@@H]4C[C@@H](F)CN4C(=O)O)nn23)c(OC)c1. The zero-order chi connectivity index (χ0) is 25.4. The summed E-state index contributed by atoms with van der Waals surface area (Å²) in [6.45, 7) is 0.118. The fraction of sp³-hybridized carbons (Fsp3) is 0.333. The van der Waals surface area contributed by atoms with E-state index in [0.29, 0.717) is 46.3 Å². The highest BCUT2D eigenvalue weighted by molar-refractivity contribution is 5.96. The number of amides is 1. The summed E-state index contributed by atoms with van der Waals surface area (Å²) in [6.07, 6.45) is -2.51. The Bertz CT molecular complexity index is 1440. The van der Waals surface area contributed by atoms with Gasteiger partial charge in [0.25, 0.3) is 0 Å². The minimum Gasteiger partial charge on any atom is -0.497 e. The van der Waals surface area contributed by atoms with Crippen LogP contribution in [0.3, 0.4) is 0 Å². The number of likely N-dealkylation sites (tertiary alicyclic amines) is 1. The van der Waals surface area contributed by atoms with Crippen molar-refractivity contribution >= 4 is 28.6 Å². The molecule has 0 radical (unpaired) electrons. The number of carboxylic acid groups (broad SMARTS) is 1. The Morgan fingerprint density at radius 3 is 2.67 bits per heavy atom. The molecule has 36 heavy (non-hydrogen) atoms. The van der Waals surface area contributed by atoms with Crippen molar-refractivity contribution in [3.63, 3.8) is 0 Å². The number of hydrogen-bond acceptors (Lipinski definition) is 8. The number of fused-ring (bicyclic) bond motifs is 3. The van der Waals surface area contributed by atoms with Crippen LogP contribution in [0.4, 0.5) is 15.1 Å². The summed E-state index contributed by atoms with van der Waals surface area (Å²) in [7, 11) is 4.71. The van der Waals surface area contributed by atoms with Gasteiger partial charge < -0.3 is 24.6 Å². The number of anilines is 1. The van der Waals surface area contributed by atoms with E-state index in [1.165, 1.54) is 4.52 Å². The maximum atomic E-state index is 14.2. The van der Waals surface area contributed by atoms with Gasteiger partial charge in [-0.1, -0.05) is 6.07 Å². The van der Waals surface area contributed by atoms with Crippen LogP contribution in [0.25, 0.3) is 16.6 Å². The minimum absolute atomic E-state index is 0.0102. The number of para-hydroxylation sites is 1. The Labute approximate surface area is 205 Å². The van der Waals surface area contributed by atoms with Crippen LogP contribution in [0.5, 0.6) is 17.2 Å². The Kier molecular flexibility index (Phi) is 6.08. The van der Waals surface area contributed by atoms with Crippen LogP contribution >= 0.6 is 0 Å². The highest BCUT2D eigenvalue weighted by atomic mass is 19.1. The van der Waals surface area contributed by atoms with Crippen molar-refractivity contribution in [3.8, 4) is 17.2 Å². The van der Waals surface area contributed by atoms with Crippen LogP contribution in [0.2, 0.25) is 0 Å². The van der Waals surface area contributed by atoms with E-state index < -0.39 is 18.3 Å². The van der Waals surface area contributed by atoms with Gasteiger partial charge in [0.2, 0.25) is 5.95 Å². The van der Waals surface area contributed by atoms with Crippen LogP contribution in [0.15, 0.2) is 36.4 Å². The molecule has 0 saturated carbocycles. The van der Waals surface area contributed by atoms with Gasteiger partial charge in [-0.25, -0.2) is 19.2 Å². The Morgan fingerprint density at radius 2 is 1.94 bits per heavy atom. The molecule has 188 valence electrons. The number of halogens is 1. The van der Waals surface area contributed by atoms with Crippen LogP contribution in [-0.4, -0.2) is 69.7 Å². The van der Waals surface area contributed by atoms with Crippen molar-refractivity contribution in [1.82, 2.24) is 24.5 Å². The number of carbonyl (C=O) groups is 1. The monoisotopic (exact) mass is 496 g/mol. The molecule has 2 N–H and O–H groups in total. The first-order valence-electron chi connectivity index (χ1n) is 11.2. The quantitative estimate of drug-likeness (QED) is 0.394. The number of benzene rings is 2. The highest BCUT2D eigenvalue weighted by Gasteiger charge is 2.39. The molecule has 0 aliphatic carbocycles. The lowest BCUT2D eigenvalue weighted by atomic mass is 10.2. The first-order valence-corrected chi connectivity index (χ1v) is 11.2. The third kappa shape index (κ3) is 4.04. The number of rotatable bonds is 7. The first kappa shape index (κ1) is 23.4. The molecule has 4 aromatic rings. The predicted molar refractivity (Wildman–Crippen MR) is 129 cm³/mol. The van der Waals surface area contributed by atoms with E-state index in [1.54, 1.807) is 33.5 Å². The van der Waals surface area contributed by atoms with Crippen LogP contribution in [-0.2, 0) is 6.54 Å². The average molecular weight is 496 g/mol. The first-order chi connectivity index (χ1) is 17.4. The zero-order valence-electron chi connectivity index (χ0n) is 19.9. The van der Waals surface area contributed by atoms with Crippen molar-refractivity contribution in [3.05, 3.63) is 47.8 Å². The molecule has 1 amide bonds. The number of hydrogen-bond donors (Lipinski definition) is 2. The molecule has 1 saturated heterocycles. The number of aromatic nitrogens is 4. The van der Waals surface area contributed by atoms with E-state index in [1.807, 2.05) is 24.3 Å². The smallest absolute Gasteiger partial charge is 0.408 e. The van der Waals surface area contributed by atoms with Crippen molar-refractivity contribution < 1.29 is 28.5 Å². The lowest BCUT2D eigenvalue weighted by Gasteiger charge is -2.17. The molecule has 11 nitrogen and oxygen atoms in total. The molecule has 5 rings (SSSR count). The van der Waals surface area contributed by atoms with E-state index in [-0.39, 0.29) is 18.8 Å². The second-order valence-electron chi connectivity index (χ2n) is 8.31. The van der Waals surface area contributed by atoms with Gasteiger partial charge >= 0.3 is 6.09 Å². The Hall–Kier alpha value is -4.35. The van der Waals surface area contributed by atoms with Crippen molar-refractivity contribution in [1.29, 1.82) is 0 Å². The van der Waals surface area contributed by atoms with Gasteiger partial charge in [-0.3, -0.25) is 4.90 Å². The summed E-state index contributed by atoms with van der Waals surface area (Å²) < 4.78 is 31.9. The second kappa shape index (κ2) is 9.36. The van der Waals surface area contributed by atoms with Gasteiger partial charge in [0.15, 0.2) is 11.5 Å². The predicted octanol–water partition coefficient (Wildman–Crippen LogP) is 3.68. The molecular weight excluding hydrogens is 471 g/mol. The van der Waals surface area contributed by atoms with Crippen molar-refractivity contribution in [2.75, 3.05) is 33.2 Å². The summed E-state index contributed by atoms with van der Waals surface area (Å²) in [6, 6.07) is 10.1. The maximum absolute atomic E-state index is 14.2. The lowest BCUT2D eigenvalue weighted by Crippen LogP contribution is -2.30. The van der Waals surface area contributed by atoms with Gasteiger partial charge in [0, 0.05) is 30.0 Å². The molecule has 2 aromatic heterocycles. The van der Waals surface area contributed by atoms with E-state index in [2.05, 4.69) is 15.4 Å². The average Bonchev–Trinajstić information content (AvgIpc) is 3.51. The Morgan fingerprint density at radius 1 is 1.14 bits per heavy atom. The molecule has 12 heteroatoms. The van der Waals surface area contributed by atoms with Gasteiger partial charge in [-0.15, -0.1) is 5.10 Å². The standard InChI is InChI=1S/C24H25FN6O5/c1-34-15-8-7-13(19(10-15)36-3)11-26-23-27-20-16(5-4-6-18(20)35-2)22-28-21(29-31(22)23)17-9-14(25)12-30(17)24(32)33/h4-8,10,14,17H,9,11-12H2,1-3H3,(H,26,27)(H,32,33)/t14-,17+/m1/s1. The summed E-state index contributed by atoms with van der Waals surface area (Å²) in [5.41, 5.74) is 1.85. The third-order valence-electron chi connectivity index (χ3n) is 6.23. The molecule has 1 fully saturated rings. The number of nitrogens with one attached hydrogen (secondary N) is 1. The van der Waals surface area contributed by atoms with Crippen LogP contribution < -0.4 is 19.5 Å². The summed E-state index contributed by atoms with van der Waals surface area (Å²) in [5, 5.41) is 18.1. The Balaban J connectivity index is 1.61. The van der Waals surface area contributed by atoms with Gasteiger partial charge in [0.05, 0.1) is 33.9 Å². The van der Waals surface area contributed by atoms with E-state index >= 15 is 0 Å². The highest BCUT2D eigenvalue weighted by Crippen LogP contribution is 2.35. The number of ether oxygens (including phenoxy) is 3. The fourth-order valence-corrected chi connectivity index (χ4v) is 4.45. The van der Waals surface area contributed by atoms with E-state index in [9.17, 15) is 14.3 Å². The van der Waals surface area contributed by atoms with E-state index in [4.69, 9.17) is 19.2 Å². The summed E-state index contributed by atoms with van der Waals surface area (Å²) in [4.78, 5) is 22.1. The summed E-state index contributed by atoms with van der Waals surface area (Å²) in [5.74, 6) is 2.41. The minimum atomic E-state index is -1.28. The molecule has 3 heterocycles. The zero-order valence-corrected chi connectivity index (χ0v) is 19.9. The van der Waals surface area contributed by atoms with Gasteiger partial charge in [0.1, 0.15) is 28.9 Å². The molecule has 0 unspecified atom stereocenters. The molecule has 0 spiro atoms. The van der Waals surface area contributed by atoms with Gasteiger partial charge in [-0.2, -0.15) is 4.52 Å². The topological polar surface area (TPSA) is 123 Å². The molecule has 0 bridgehead atoms. The molecule has 1 aliphatic rings. The molecule has 1 aliphatic heterocycles. The summed E-state index contributed by atoms with van der Waals surface area (Å²) >= 11 is 0. The maximum Gasteiger partial charge on any atom is 0.408 e. The largest absolute Gasteiger partial charge is 0.497 e. The number of alkyl halides is 1. The molecule has 2 aromatic carbocycles. The van der Waals surface area contributed by atoms with E-state index in [0.717, 1.165) is 10.5 Å². The van der Waals surface area contributed by atoms with Crippen molar-refractivity contribution in [2.24, 2.45) is 0 Å². The molecule has 2 atom stereocenters. The van der Waals surface area contributed by atoms with Crippen molar-refractivity contribution in [2.45, 2.75) is 25.2 Å². The number of methoxy groups -OCH3 is 3. The number of nitrogens with zero attached hydrogens (tertiary/aromatic N) is 5. The third-order valence-corrected chi connectivity index (χ3v) is 6.23. The van der Waals surface area contributed by atoms with Crippen LogP contribution in [0.1, 0.15) is 23.9 Å². The lowest BCUT2D eigenvalue weighted by molar-refractivity contribution is 0.136. The molecular formula is C24H25FN6O5. The van der Waals surface area contributed by atoms with Crippen LogP contribution in [0, 0.1) is 0 Å². The fourth-order valence-electron chi connectivity index (χ4n) is 4.45. The van der Waals surface area contributed by atoms with Gasteiger partial charge in [-0.05, 0) is 24.3 Å². The normalized spacial score (nSPS) is 17.5.